The maximum absolute atomic E-state index is 12.3. The number of para-hydroxylation sites is 2. The molecule has 0 aliphatic carbocycles. The molecule has 0 atom stereocenters. The number of hydrogen-bond acceptors (Lipinski definition) is 8. The topological polar surface area (TPSA) is 90.3 Å². The van der Waals surface area contributed by atoms with Crippen LogP contribution in [0.1, 0.15) is 12.0 Å². The lowest BCUT2D eigenvalue weighted by atomic mass is 10.1. The van der Waals surface area contributed by atoms with Crippen molar-refractivity contribution >= 4 is 17.7 Å². The Morgan fingerprint density at radius 1 is 1.05 bits per heavy atom. The summed E-state index contributed by atoms with van der Waals surface area (Å²) in [5.74, 6) is 1.73. The van der Waals surface area contributed by atoms with Gasteiger partial charge in [-0.3, -0.25) is 9.69 Å². The number of ether oxygens (including phenoxy) is 3. The Kier molecular flexibility index (Phi) is 11.3. The van der Waals surface area contributed by atoms with Gasteiger partial charge in [-0.1, -0.05) is 18.2 Å². The normalized spacial score (nSPS) is 14.2. The van der Waals surface area contributed by atoms with E-state index >= 15 is 0 Å². The summed E-state index contributed by atoms with van der Waals surface area (Å²) in [5.41, 5.74) is 1.89. The van der Waals surface area contributed by atoms with E-state index < -0.39 is 5.91 Å². The van der Waals surface area contributed by atoms with Gasteiger partial charge in [0, 0.05) is 45.8 Å². The second kappa shape index (κ2) is 14.9. The molecule has 0 radical (unpaired) electrons. The van der Waals surface area contributed by atoms with Crippen molar-refractivity contribution in [3.05, 3.63) is 53.6 Å². The Hall–Kier alpha value is -3.74. The molecule has 9 nitrogen and oxygen atoms in total. The maximum Gasteiger partial charge on any atom is 0.261 e. The van der Waals surface area contributed by atoms with Crippen molar-refractivity contribution in [1.29, 1.82) is 5.26 Å². The van der Waals surface area contributed by atoms with Crippen LogP contribution < -0.4 is 24.4 Å². The van der Waals surface area contributed by atoms with Crippen molar-refractivity contribution < 1.29 is 19.0 Å². The Balaban J connectivity index is 1.46. The molecule has 38 heavy (non-hydrogen) atoms. The van der Waals surface area contributed by atoms with Crippen molar-refractivity contribution in [1.82, 2.24) is 15.1 Å². The van der Waals surface area contributed by atoms with Crippen molar-refractivity contribution in [3.63, 3.8) is 0 Å². The molecule has 0 bridgehead atoms. The van der Waals surface area contributed by atoms with Gasteiger partial charge in [0.15, 0.2) is 11.5 Å². The Labute approximate surface area is 226 Å². The van der Waals surface area contributed by atoms with Crippen LogP contribution >= 0.6 is 0 Å². The lowest BCUT2D eigenvalue weighted by Crippen LogP contribution is -2.46. The zero-order valence-corrected chi connectivity index (χ0v) is 22.9. The molecule has 1 aliphatic heterocycles. The second-order valence-corrected chi connectivity index (χ2v) is 9.34. The molecule has 1 aliphatic rings. The summed E-state index contributed by atoms with van der Waals surface area (Å²) in [4.78, 5) is 19.1. The smallest absolute Gasteiger partial charge is 0.261 e. The highest BCUT2D eigenvalue weighted by Gasteiger charge is 2.19. The Bertz CT molecular complexity index is 1120. The number of piperazine rings is 1. The van der Waals surface area contributed by atoms with E-state index in [1.807, 2.05) is 55.4 Å². The number of rotatable bonds is 13. The molecule has 0 saturated carbocycles. The lowest BCUT2D eigenvalue weighted by Gasteiger charge is -2.36. The number of carbonyl (C=O) groups excluding carboxylic acids is 1. The fraction of sp³-hybridized carbons (Fsp3) is 0.448. The minimum Gasteiger partial charge on any atom is -0.495 e. The molecule has 1 saturated heterocycles. The first kappa shape index (κ1) is 28.8. The highest BCUT2D eigenvalue weighted by atomic mass is 16.5. The summed E-state index contributed by atoms with van der Waals surface area (Å²) in [7, 11) is 7.14. The molecule has 0 aromatic heterocycles. The summed E-state index contributed by atoms with van der Waals surface area (Å²) >= 11 is 0. The maximum atomic E-state index is 12.3. The number of amides is 1. The number of nitrogens with zero attached hydrogens (tertiary/aromatic N) is 4. The molecule has 2 aromatic rings. The predicted molar refractivity (Wildman–Crippen MR) is 150 cm³/mol. The monoisotopic (exact) mass is 521 g/mol. The van der Waals surface area contributed by atoms with E-state index in [9.17, 15) is 10.1 Å². The van der Waals surface area contributed by atoms with E-state index in [1.54, 1.807) is 26.4 Å². The lowest BCUT2D eigenvalue weighted by molar-refractivity contribution is -0.117. The second-order valence-electron chi connectivity index (χ2n) is 9.34. The van der Waals surface area contributed by atoms with E-state index in [2.05, 4.69) is 21.2 Å². The molecule has 1 heterocycles. The molecule has 2 aromatic carbocycles. The molecule has 1 amide bonds. The van der Waals surface area contributed by atoms with Crippen LogP contribution in [-0.2, 0) is 4.79 Å². The molecule has 0 spiro atoms. The van der Waals surface area contributed by atoms with Crippen LogP contribution in [0.15, 0.2) is 48.0 Å². The van der Waals surface area contributed by atoms with E-state index in [1.165, 1.54) is 0 Å². The number of methoxy groups -OCH3 is 2. The first-order valence-electron chi connectivity index (χ1n) is 12.9. The van der Waals surface area contributed by atoms with Crippen LogP contribution in [0.25, 0.3) is 6.08 Å². The first-order chi connectivity index (χ1) is 18.4. The minimum atomic E-state index is -0.391. The van der Waals surface area contributed by atoms with Gasteiger partial charge >= 0.3 is 0 Å². The number of benzene rings is 2. The highest BCUT2D eigenvalue weighted by molar-refractivity contribution is 6.01. The van der Waals surface area contributed by atoms with Gasteiger partial charge in [0.1, 0.15) is 17.4 Å². The minimum absolute atomic E-state index is 0.0466. The van der Waals surface area contributed by atoms with Gasteiger partial charge in [-0.05, 0) is 56.4 Å². The zero-order chi connectivity index (χ0) is 27.3. The van der Waals surface area contributed by atoms with Gasteiger partial charge in [-0.25, -0.2) is 0 Å². The molecule has 204 valence electrons. The first-order valence-corrected chi connectivity index (χ1v) is 12.9. The fourth-order valence-electron chi connectivity index (χ4n) is 4.27. The van der Waals surface area contributed by atoms with Crippen LogP contribution in [0.5, 0.6) is 17.2 Å². The Morgan fingerprint density at radius 3 is 2.47 bits per heavy atom. The fourth-order valence-corrected chi connectivity index (χ4v) is 4.27. The molecule has 9 heteroatoms. The average Bonchev–Trinajstić information content (AvgIpc) is 2.94. The van der Waals surface area contributed by atoms with Gasteiger partial charge in [0.2, 0.25) is 0 Å². The molecule has 1 fully saturated rings. The van der Waals surface area contributed by atoms with Gasteiger partial charge in [-0.15, -0.1) is 0 Å². The summed E-state index contributed by atoms with van der Waals surface area (Å²) in [6.45, 7) is 6.60. The molecular weight excluding hydrogens is 482 g/mol. The van der Waals surface area contributed by atoms with E-state index in [4.69, 9.17) is 14.2 Å². The molecule has 3 rings (SSSR count). The standard InChI is InChI=1S/C29H39N5O4/c1-32(2)14-12-31-29(35)24(22-30)20-23-10-11-27(28(21-23)37-4)38-19-7-13-33-15-17-34(18-16-33)25-8-5-6-9-26(25)36-3/h5-6,8-11,20-21H,7,12-19H2,1-4H3,(H,31,35)/b24-20+. The third kappa shape index (κ3) is 8.40. The van der Waals surface area contributed by atoms with Crippen molar-refractivity contribution in [2.24, 2.45) is 0 Å². The van der Waals surface area contributed by atoms with Crippen LogP contribution in [0.2, 0.25) is 0 Å². The van der Waals surface area contributed by atoms with Gasteiger partial charge in [-0.2, -0.15) is 5.26 Å². The highest BCUT2D eigenvalue weighted by Crippen LogP contribution is 2.30. The van der Waals surface area contributed by atoms with Crippen LogP contribution in [0.3, 0.4) is 0 Å². The van der Waals surface area contributed by atoms with Crippen LogP contribution in [-0.4, -0.2) is 96.4 Å². The number of likely N-dealkylation sites (N-methyl/N-ethyl adjacent to an activating group) is 1. The predicted octanol–water partition coefficient (Wildman–Crippen LogP) is 2.88. The van der Waals surface area contributed by atoms with Crippen LogP contribution in [0.4, 0.5) is 5.69 Å². The summed E-state index contributed by atoms with van der Waals surface area (Å²) < 4.78 is 17.0. The Morgan fingerprint density at radius 2 is 1.79 bits per heavy atom. The van der Waals surface area contributed by atoms with Crippen molar-refractivity contribution in [3.8, 4) is 23.3 Å². The van der Waals surface area contributed by atoms with Gasteiger partial charge < -0.3 is 29.3 Å². The number of nitriles is 1. The zero-order valence-electron chi connectivity index (χ0n) is 22.9. The number of hydrogen-bond donors (Lipinski definition) is 1. The number of nitrogens with one attached hydrogen (secondary N) is 1. The average molecular weight is 522 g/mol. The molecule has 1 N–H and O–H groups in total. The van der Waals surface area contributed by atoms with E-state index in [0.29, 0.717) is 36.8 Å². The largest absolute Gasteiger partial charge is 0.495 e. The van der Waals surface area contributed by atoms with Gasteiger partial charge in [0.05, 0.1) is 26.5 Å². The summed E-state index contributed by atoms with van der Waals surface area (Å²) in [6, 6.07) is 15.5. The van der Waals surface area contributed by atoms with E-state index in [0.717, 1.165) is 50.6 Å². The van der Waals surface area contributed by atoms with Crippen LogP contribution in [0, 0.1) is 11.3 Å². The van der Waals surface area contributed by atoms with E-state index in [-0.39, 0.29) is 5.57 Å². The third-order valence-corrected chi connectivity index (χ3v) is 6.38. The van der Waals surface area contributed by atoms with Crippen molar-refractivity contribution in [2.75, 3.05) is 85.6 Å². The van der Waals surface area contributed by atoms with Gasteiger partial charge in [0.25, 0.3) is 5.91 Å². The summed E-state index contributed by atoms with van der Waals surface area (Å²) in [6.07, 6.45) is 2.45. The quantitative estimate of drug-likeness (QED) is 0.245. The third-order valence-electron chi connectivity index (χ3n) is 6.38. The number of anilines is 1. The number of carbonyl (C=O) groups is 1. The summed E-state index contributed by atoms with van der Waals surface area (Å²) in [5, 5.41) is 12.2. The molecule has 0 unspecified atom stereocenters. The van der Waals surface area contributed by atoms with Crippen molar-refractivity contribution in [2.45, 2.75) is 6.42 Å². The molecular formula is C29H39N5O4. The SMILES string of the molecule is COc1cc(/C=C(\C#N)C(=O)NCCN(C)C)ccc1OCCCN1CCN(c2ccccc2OC)CC1.